The van der Waals surface area contributed by atoms with E-state index in [4.69, 9.17) is 5.84 Å². The van der Waals surface area contributed by atoms with E-state index in [1.165, 1.54) is 0 Å². The summed E-state index contributed by atoms with van der Waals surface area (Å²) in [5, 5.41) is 0.608. The molecule has 3 aromatic rings. The van der Waals surface area contributed by atoms with E-state index >= 15 is 0 Å². The average Bonchev–Trinajstić information content (AvgIpc) is 2.67. The van der Waals surface area contributed by atoms with Gasteiger partial charge in [-0.3, -0.25) is 4.79 Å². The molecule has 0 bridgehead atoms. The molecule has 0 aliphatic rings. The van der Waals surface area contributed by atoms with E-state index in [-0.39, 0.29) is 17.1 Å². The molecule has 1 heterocycles. The van der Waals surface area contributed by atoms with Crippen molar-refractivity contribution in [3.05, 3.63) is 66.0 Å². The number of hydrazine groups is 1. The Kier molecular flexibility index (Phi) is 5.15. The Morgan fingerprint density at radius 1 is 0.964 bits per heavy atom. The van der Waals surface area contributed by atoms with Gasteiger partial charge in [-0.25, -0.2) is 20.8 Å². The van der Waals surface area contributed by atoms with Gasteiger partial charge in [0.2, 0.25) is 11.7 Å². The van der Waals surface area contributed by atoms with E-state index in [1.54, 1.807) is 54.6 Å². The SMILES string of the molecule is CC(=O)N(N)c1nc(C(F)(F)F)nc(-c2ccc(C)cc2)c1-c1ccccc1. The molecule has 0 fully saturated rings. The Balaban J connectivity index is 2.41. The van der Waals surface area contributed by atoms with Gasteiger partial charge in [0.15, 0.2) is 5.82 Å². The van der Waals surface area contributed by atoms with E-state index in [1.807, 2.05) is 6.92 Å². The van der Waals surface area contributed by atoms with E-state index < -0.39 is 17.9 Å². The van der Waals surface area contributed by atoms with Gasteiger partial charge in [0.1, 0.15) is 0 Å². The summed E-state index contributed by atoms with van der Waals surface area (Å²) in [4.78, 5) is 19.2. The number of halogens is 3. The predicted molar refractivity (Wildman–Crippen MR) is 100.0 cm³/mol. The number of benzene rings is 2. The number of hydrogen-bond acceptors (Lipinski definition) is 4. The second-order valence-corrected chi connectivity index (χ2v) is 6.21. The molecule has 2 aromatic carbocycles. The van der Waals surface area contributed by atoms with Crippen LogP contribution in [0.2, 0.25) is 0 Å². The maximum absolute atomic E-state index is 13.5. The first-order chi connectivity index (χ1) is 13.2. The lowest BCUT2D eigenvalue weighted by molar-refractivity contribution is -0.144. The molecule has 0 aliphatic carbocycles. The average molecular weight is 386 g/mol. The summed E-state index contributed by atoms with van der Waals surface area (Å²) in [6.07, 6.45) is -4.80. The third-order valence-corrected chi connectivity index (χ3v) is 4.10. The third-order valence-electron chi connectivity index (χ3n) is 4.10. The molecular formula is C20H17F3N4O. The predicted octanol–water partition coefficient (Wildman–Crippen LogP) is 4.36. The minimum Gasteiger partial charge on any atom is -0.273 e. The van der Waals surface area contributed by atoms with Crippen LogP contribution in [-0.2, 0) is 11.0 Å². The number of anilines is 1. The van der Waals surface area contributed by atoms with Crippen molar-refractivity contribution in [2.75, 3.05) is 5.01 Å². The summed E-state index contributed by atoms with van der Waals surface area (Å²) >= 11 is 0. The topological polar surface area (TPSA) is 72.1 Å². The van der Waals surface area contributed by atoms with Gasteiger partial charge in [-0.15, -0.1) is 0 Å². The monoisotopic (exact) mass is 386 g/mol. The van der Waals surface area contributed by atoms with Crippen molar-refractivity contribution >= 4 is 11.7 Å². The van der Waals surface area contributed by atoms with Gasteiger partial charge >= 0.3 is 6.18 Å². The highest BCUT2D eigenvalue weighted by Crippen LogP contribution is 2.39. The highest BCUT2D eigenvalue weighted by atomic mass is 19.4. The van der Waals surface area contributed by atoms with Gasteiger partial charge in [-0.1, -0.05) is 60.2 Å². The van der Waals surface area contributed by atoms with Gasteiger partial charge in [0.05, 0.1) is 11.3 Å². The van der Waals surface area contributed by atoms with Crippen LogP contribution in [0.1, 0.15) is 18.3 Å². The largest absolute Gasteiger partial charge is 0.451 e. The molecule has 3 rings (SSSR count). The highest BCUT2D eigenvalue weighted by molar-refractivity contribution is 5.97. The van der Waals surface area contributed by atoms with Crippen molar-refractivity contribution in [1.82, 2.24) is 9.97 Å². The fraction of sp³-hybridized carbons (Fsp3) is 0.150. The van der Waals surface area contributed by atoms with Crippen LogP contribution in [0, 0.1) is 6.92 Å². The maximum atomic E-state index is 13.5. The summed E-state index contributed by atoms with van der Waals surface area (Å²) in [6.45, 7) is 3.02. The Labute approximate surface area is 159 Å². The van der Waals surface area contributed by atoms with Crippen molar-refractivity contribution in [2.24, 2.45) is 5.84 Å². The number of alkyl halides is 3. The molecule has 0 radical (unpaired) electrons. The lowest BCUT2D eigenvalue weighted by atomic mass is 9.98. The zero-order valence-electron chi connectivity index (χ0n) is 15.2. The molecule has 0 saturated heterocycles. The van der Waals surface area contributed by atoms with Crippen molar-refractivity contribution < 1.29 is 18.0 Å². The number of nitrogens with zero attached hydrogens (tertiary/aromatic N) is 3. The van der Waals surface area contributed by atoms with Gasteiger partial charge in [-0.05, 0) is 12.5 Å². The third kappa shape index (κ3) is 3.86. The van der Waals surface area contributed by atoms with Crippen molar-refractivity contribution in [3.8, 4) is 22.4 Å². The number of hydrogen-bond donors (Lipinski definition) is 1. The first kappa shape index (κ1) is 19.5. The summed E-state index contributed by atoms with van der Waals surface area (Å²) < 4.78 is 40.4. The van der Waals surface area contributed by atoms with E-state index in [0.29, 0.717) is 16.1 Å². The van der Waals surface area contributed by atoms with E-state index in [2.05, 4.69) is 9.97 Å². The molecule has 0 spiro atoms. The van der Waals surface area contributed by atoms with E-state index in [9.17, 15) is 18.0 Å². The summed E-state index contributed by atoms with van der Waals surface area (Å²) in [5.41, 5.74) is 2.23. The normalized spacial score (nSPS) is 11.4. The molecule has 1 aromatic heterocycles. The first-order valence-electron chi connectivity index (χ1n) is 8.35. The van der Waals surface area contributed by atoms with Crippen LogP contribution in [-0.4, -0.2) is 15.9 Å². The molecule has 0 aliphatic heterocycles. The highest BCUT2D eigenvalue weighted by Gasteiger charge is 2.37. The van der Waals surface area contributed by atoms with Crippen molar-refractivity contribution in [3.63, 3.8) is 0 Å². The number of nitrogens with two attached hydrogens (primary N) is 1. The Hall–Kier alpha value is -3.26. The molecule has 2 N–H and O–H groups in total. The number of amides is 1. The number of carbonyl (C=O) groups excluding carboxylic acids is 1. The van der Waals surface area contributed by atoms with Gasteiger partial charge in [0, 0.05) is 12.5 Å². The van der Waals surface area contributed by atoms with Crippen molar-refractivity contribution in [2.45, 2.75) is 20.0 Å². The second-order valence-electron chi connectivity index (χ2n) is 6.21. The molecule has 144 valence electrons. The van der Waals surface area contributed by atoms with Crippen LogP contribution in [0.25, 0.3) is 22.4 Å². The van der Waals surface area contributed by atoms with Crippen LogP contribution in [0.4, 0.5) is 19.0 Å². The fourth-order valence-corrected chi connectivity index (χ4v) is 2.69. The Morgan fingerprint density at radius 3 is 2.11 bits per heavy atom. The molecule has 0 saturated carbocycles. The molecule has 0 atom stereocenters. The molecule has 5 nitrogen and oxygen atoms in total. The molecular weight excluding hydrogens is 369 g/mol. The molecule has 0 unspecified atom stereocenters. The number of aryl methyl sites for hydroxylation is 1. The van der Waals surface area contributed by atoms with Crippen LogP contribution >= 0.6 is 0 Å². The summed E-state index contributed by atoms with van der Waals surface area (Å²) in [5.74, 6) is 3.46. The summed E-state index contributed by atoms with van der Waals surface area (Å²) in [7, 11) is 0. The molecule has 28 heavy (non-hydrogen) atoms. The lowest BCUT2D eigenvalue weighted by Crippen LogP contribution is -2.37. The standard InChI is InChI=1S/C20H17F3N4O/c1-12-8-10-15(11-9-12)17-16(14-6-4-3-5-7-14)18(27(24)13(2)28)26-19(25-17)20(21,22)23/h3-11H,24H2,1-2H3. The van der Waals surface area contributed by atoms with Gasteiger partial charge in [-0.2, -0.15) is 13.2 Å². The Bertz CT molecular complexity index is 1000. The zero-order chi connectivity index (χ0) is 20.5. The maximum Gasteiger partial charge on any atom is 0.451 e. The van der Waals surface area contributed by atoms with Crippen LogP contribution in [0.15, 0.2) is 54.6 Å². The van der Waals surface area contributed by atoms with Crippen LogP contribution < -0.4 is 10.9 Å². The van der Waals surface area contributed by atoms with Crippen molar-refractivity contribution in [1.29, 1.82) is 0 Å². The number of carbonyl (C=O) groups is 1. The fourth-order valence-electron chi connectivity index (χ4n) is 2.69. The van der Waals surface area contributed by atoms with Gasteiger partial charge in [0.25, 0.3) is 0 Å². The quantitative estimate of drug-likeness (QED) is 0.412. The second kappa shape index (κ2) is 7.40. The lowest BCUT2D eigenvalue weighted by Gasteiger charge is -2.21. The number of aromatic nitrogens is 2. The van der Waals surface area contributed by atoms with Crippen LogP contribution in [0.3, 0.4) is 0 Å². The molecule has 8 heteroatoms. The minimum atomic E-state index is -4.80. The zero-order valence-corrected chi connectivity index (χ0v) is 15.2. The Morgan fingerprint density at radius 2 is 1.57 bits per heavy atom. The van der Waals surface area contributed by atoms with E-state index in [0.717, 1.165) is 12.5 Å². The first-order valence-corrected chi connectivity index (χ1v) is 8.35. The smallest absolute Gasteiger partial charge is 0.273 e. The minimum absolute atomic E-state index is 0.0419. The van der Waals surface area contributed by atoms with Gasteiger partial charge < -0.3 is 0 Å². The molecule has 1 amide bonds. The summed E-state index contributed by atoms with van der Waals surface area (Å²) in [6, 6.07) is 15.5. The van der Waals surface area contributed by atoms with Crippen LogP contribution in [0.5, 0.6) is 0 Å². The number of rotatable bonds is 3.